The van der Waals surface area contributed by atoms with Gasteiger partial charge in [-0.15, -0.1) is 0 Å². The van der Waals surface area contributed by atoms with Crippen LogP contribution in [0.15, 0.2) is 188 Å². The molecule has 0 saturated heterocycles. The Morgan fingerprint density at radius 2 is 0.863 bits per heavy atom. The highest BCUT2D eigenvalue weighted by Crippen LogP contribution is 2.56. The van der Waals surface area contributed by atoms with Crippen molar-refractivity contribution in [1.82, 2.24) is 0 Å². The highest BCUT2D eigenvalue weighted by atomic mass is 15.1. The van der Waals surface area contributed by atoms with Crippen LogP contribution in [0.2, 0.25) is 0 Å². The zero-order valence-corrected chi connectivity index (χ0v) is 28.8. The zero-order chi connectivity index (χ0) is 34.2. The van der Waals surface area contributed by atoms with Crippen molar-refractivity contribution in [2.24, 2.45) is 0 Å². The molecule has 1 heteroatoms. The van der Waals surface area contributed by atoms with Crippen molar-refractivity contribution in [3.8, 4) is 22.3 Å². The molecule has 8 aromatic carbocycles. The molecule has 2 aliphatic carbocycles. The second-order valence-electron chi connectivity index (χ2n) is 14.5. The SMILES string of the molecule is CC1(C)c2ccccc2-c2ccc(N(c3ccccc3)c3ccc(C4(c5ccccc5)c5ccccc5-c5cccc6cccc4c56)cc3)cc21. The molecule has 0 heterocycles. The molecule has 0 fully saturated rings. The van der Waals surface area contributed by atoms with E-state index < -0.39 is 5.41 Å². The van der Waals surface area contributed by atoms with Crippen LogP contribution in [0.5, 0.6) is 0 Å². The third-order valence-corrected chi connectivity index (χ3v) is 11.5. The Balaban J connectivity index is 1.19. The van der Waals surface area contributed by atoms with Gasteiger partial charge in [0, 0.05) is 22.5 Å². The average molecular weight is 652 g/mol. The Morgan fingerprint density at radius 1 is 0.353 bits per heavy atom. The lowest BCUT2D eigenvalue weighted by molar-refractivity contribution is 0.660. The summed E-state index contributed by atoms with van der Waals surface area (Å²) in [6, 6.07) is 69.7. The molecule has 1 atom stereocenters. The monoisotopic (exact) mass is 651 g/mol. The van der Waals surface area contributed by atoms with Crippen LogP contribution in [0.4, 0.5) is 17.1 Å². The summed E-state index contributed by atoms with van der Waals surface area (Å²) in [4.78, 5) is 2.41. The molecule has 0 N–H and O–H groups in total. The summed E-state index contributed by atoms with van der Waals surface area (Å²) in [6.45, 7) is 4.71. The van der Waals surface area contributed by atoms with Crippen LogP contribution >= 0.6 is 0 Å². The first-order chi connectivity index (χ1) is 25.1. The lowest BCUT2D eigenvalue weighted by Crippen LogP contribution is -2.33. The van der Waals surface area contributed by atoms with E-state index >= 15 is 0 Å². The topological polar surface area (TPSA) is 3.24 Å². The van der Waals surface area contributed by atoms with E-state index in [1.807, 2.05) is 0 Å². The third kappa shape index (κ3) is 4.22. The van der Waals surface area contributed by atoms with Crippen LogP contribution in [0.1, 0.15) is 47.2 Å². The molecule has 10 rings (SSSR count). The van der Waals surface area contributed by atoms with E-state index in [-0.39, 0.29) is 5.41 Å². The summed E-state index contributed by atoms with van der Waals surface area (Å²) < 4.78 is 0. The maximum absolute atomic E-state index is 2.41. The van der Waals surface area contributed by atoms with Gasteiger partial charge >= 0.3 is 0 Å². The highest BCUT2D eigenvalue weighted by Gasteiger charge is 2.44. The molecule has 2 aliphatic rings. The predicted octanol–water partition coefficient (Wildman–Crippen LogP) is 13.0. The lowest BCUT2D eigenvalue weighted by Gasteiger charge is -2.42. The summed E-state index contributed by atoms with van der Waals surface area (Å²) in [5, 5.41) is 2.60. The van der Waals surface area contributed by atoms with Crippen molar-refractivity contribution < 1.29 is 0 Å². The quantitative estimate of drug-likeness (QED) is 0.179. The Hall–Kier alpha value is -6.18. The summed E-state index contributed by atoms with van der Waals surface area (Å²) in [6.07, 6.45) is 0. The van der Waals surface area contributed by atoms with Gasteiger partial charge in [0.15, 0.2) is 0 Å². The second kappa shape index (κ2) is 11.2. The molecule has 0 saturated carbocycles. The molecule has 8 aromatic rings. The van der Waals surface area contributed by atoms with Crippen LogP contribution < -0.4 is 4.90 Å². The molecule has 51 heavy (non-hydrogen) atoms. The fraction of sp³-hybridized carbons (Fsp3) is 0.0800. The van der Waals surface area contributed by atoms with Crippen LogP contribution in [0.25, 0.3) is 33.0 Å². The van der Waals surface area contributed by atoms with E-state index in [4.69, 9.17) is 0 Å². The minimum Gasteiger partial charge on any atom is -0.310 e. The summed E-state index contributed by atoms with van der Waals surface area (Å²) in [5.74, 6) is 0. The van der Waals surface area contributed by atoms with Crippen molar-refractivity contribution >= 4 is 27.8 Å². The number of anilines is 3. The largest absolute Gasteiger partial charge is 0.310 e. The number of para-hydroxylation sites is 1. The van der Waals surface area contributed by atoms with Gasteiger partial charge in [-0.05, 0) is 103 Å². The van der Waals surface area contributed by atoms with E-state index in [0.717, 1.165) is 17.1 Å². The first-order valence-corrected chi connectivity index (χ1v) is 17.9. The number of nitrogens with zero attached hydrogens (tertiary/aromatic N) is 1. The van der Waals surface area contributed by atoms with Gasteiger partial charge < -0.3 is 4.90 Å². The smallest absolute Gasteiger partial charge is 0.0713 e. The first kappa shape index (κ1) is 29.7. The maximum Gasteiger partial charge on any atom is 0.0713 e. The fourth-order valence-electron chi connectivity index (χ4n) is 9.26. The van der Waals surface area contributed by atoms with E-state index in [1.165, 1.54) is 66.4 Å². The number of hydrogen-bond acceptors (Lipinski definition) is 1. The van der Waals surface area contributed by atoms with Crippen molar-refractivity contribution in [3.05, 3.63) is 221 Å². The molecule has 0 spiro atoms. The minimum absolute atomic E-state index is 0.0814. The number of hydrogen-bond donors (Lipinski definition) is 0. The van der Waals surface area contributed by atoms with Gasteiger partial charge in [0.05, 0.1) is 5.41 Å². The molecule has 0 aromatic heterocycles. The van der Waals surface area contributed by atoms with E-state index in [1.54, 1.807) is 0 Å². The molecule has 0 amide bonds. The van der Waals surface area contributed by atoms with Gasteiger partial charge in [0.25, 0.3) is 0 Å². The zero-order valence-electron chi connectivity index (χ0n) is 28.8. The highest BCUT2D eigenvalue weighted by molar-refractivity contribution is 6.05. The lowest BCUT2D eigenvalue weighted by atomic mass is 9.59. The molecule has 0 aliphatic heterocycles. The van der Waals surface area contributed by atoms with E-state index in [2.05, 4.69) is 207 Å². The van der Waals surface area contributed by atoms with Crippen molar-refractivity contribution in [2.45, 2.75) is 24.7 Å². The van der Waals surface area contributed by atoms with Gasteiger partial charge in [-0.1, -0.05) is 166 Å². The minimum atomic E-state index is -0.495. The van der Waals surface area contributed by atoms with Gasteiger partial charge in [-0.2, -0.15) is 0 Å². The molecule has 0 radical (unpaired) electrons. The fourth-order valence-corrected chi connectivity index (χ4v) is 9.26. The van der Waals surface area contributed by atoms with Crippen molar-refractivity contribution in [1.29, 1.82) is 0 Å². The summed E-state index contributed by atoms with van der Waals surface area (Å²) in [7, 11) is 0. The van der Waals surface area contributed by atoms with Crippen LogP contribution in [-0.4, -0.2) is 0 Å². The van der Waals surface area contributed by atoms with Crippen molar-refractivity contribution in [3.63, 3.8) is 0 Å². The normalized spacial score (nSPS) is 16.3. The molecule has 242 valence electrons. The standard InChI is InChI=1S/C50H37N/c1-49(2)44-24-11-9-21-40(44)42-32-31-39(33-47(42)49)51(37-19-7-4-8-20-37)38-29-27-36(28-30-38)50(35-17-5-3-6-18-35)45-25-12-10-22-41(45)43-23-13-15-34-16-14-26-46(50)48(34)43/h3-33H,1-2H3. The molecular weight excluding hydrogens is 615 g/mol. The average Bonchev–Trinajstić information content (AvgIpc) is 3.42. The molecular formula is C50H37N. The Morgan fingerprint density at radius 3 is 1.61 bits per heavy atom. The predicted molar refractivity (Wildman–Crippen MR) is 213 cm³/mol. The Labute approximate surface area is 300 Å². The number of rotatable bonds is 5. The Kier molecular flexibility index (Phi) is 6.51. The van der Waals surface area contributed by atoms with Crippen LogP contribution in [0.3, 0.4) is 0 Å². The molecule has 1 nitrogen and oxygen atoms in total. The van der Waals surface area contributed by atoms with E-state index in [0.29, 0.717) is 0 Å². The van der Waals surface area contributed by atoms with Crippen LogP contribution in [0, 0.1) is 0 Å². The maximum atomic E-state index is 2.41. The summed E-state index contributed by atoms with van der Waals surface area (Å²) in [5.41, 5.74) is 16.1. The molecule has 0 bridgehead atoms. The second-order valence-corrected chi connectivity index (χ2v) is 14.5. The van der Waals surface area contributed by atoms with Crippen molar-refractivity contribution in [2.75, 3.05) is 4.90 Å². The summed E-state index contributed by atoms with van der Waals surface area (Å²) >= 11 is 0. The first-order valence-electron chi connectivity index (χ1n) is 17.9. The number of fused-ring (bicyclic) bond motifs is 5. The van der Waals surface area contributed by atoms with Gasteiger partial charge in [0.1, 0.15) is 0 Å². The van der Waals surface area contributed by atoms with Gasteiger partial charge in [-0.25, -0.2) is 0 Å². The third-order valence-electron chi connectivity index (χ3n) is 11.5. The molecule has 1 unspecified atom stereocenters. The van der Waals surface area contributed by atoms with Crippen LogP contribution in [-0.2, 0) is 10.8 Å². The number of benzene rings is 8. The van der Waals surface area contributed by atoms with Gasteiger partial charge in [0.2, 0.25) is 0 Å². The Bertz CT molecular complexity index is 2590. The van der Waals surface area contributed by atoms with Gasteiger partial charge in [-0.3, -0.25) is 0 Å². The van der Waals surface area contributed by atoms with E-state index in [9.17, 15) is 0 Å².